The van der Waals surface area contributed by atoms with E-state index < -0.39 is 30.0 Å². The van der Waals surface area contributed by atoms with E-state index in [1.165, 1.54) is 4.90 Å². The number of urea groups is 1. The number of esters is 1. The van der Waals surface area contributed by atoms with Gasteiger partial charge in [0.25, 0.3) is 5.91 Å². The van der Waals surface area contributed by atoms with E-state index in [1.807, 2.05) is 60.7 Å². The molecule has 2 fully saturated rings. The molecule has 0 spiro atoms. The topological polar surface area (TPSA) is 79.5 Å². The summed E-state index contributed by atoms with van der Waals surface area (Å²) in [5.41, 5.74) is -0.0361. The third kappa shape index (κ3) is 3.27. The monoisotopic (exact) mass is 394 g/mol. The molecule has 2 aliphatic heterocycles. The Morgan fingerprint density at radius 1 is 1.07 bits per heavy atom. The van der Waals surface area contributed by atoms with Gasteiger partial charge in [-0.1, -0.05) is 60.7 Å². The summed E-state index contributed by atoms with van der Waals surface area (Å²) in [6, 6.07) is 17.8. The van der Waals surface area contributed by atoms with Gasteiger partial charge in [0.05, 0.1) is 25.9 Å². The van der Waals surface area contributed by atoms with Gasteiger partial charge in [-0.25, -0.2) is 4.79 Å². The zero-order valence-electron chi connectivity index (χ0n) is 16.1. The number of epoxide rings is 1. The lowest BCUT2D eigenvalue weighted by Crippen LogP contribution is -2.49. The summed E-state index contributed by atoms with van der Waals surface area (Å²) in [7, 11) is 0. The summed E-state index contributed by atoms with van der Waals surface area (Å²) in [6.07, 6.45) is -0.124. The van der Waals surface area contributed by atoms with Crippen molar-refractivity contribution < 1.29 is 23.9 Å². The van der Waals surface area contributed by atoms with E-state index in [2.05, 4.69) is 0 Å². The average Bonchev–Trinajstić information content (AvgIpc) is 3.54. The molecule has 2 aromatic rings. The van der Waals surface area contributed by atoms with Crippen LogP contribution in [-0.4, -0.2) is 60.1 Å². The van der Waals surface area contributed by atoms with Crippen LogP contribution < -0.4 is 0 Å². The Bertz CT molecular complexity index is 872. The average molecular weight is 394 g/mol. The largest absolute Gasteiger partial charge is 0.465 e. The summed E-state index contributed by atoms with van der Waals surface area (Å²) >= 11 is 0. The molecule has 1 atom stereocenters. The first-order valence-electron chi connectivity index (χ1n) is 9.60. The predicted molar refractivity (Wildman–Crippen MR) is 104 cm³/mol. The van der Waals surface area contributed by atoms with Gasteiger partial charge >= 0.3 is 12.0 Å². The first kappa shape index (κ1) is 19.1. The maximum atomic E-state index is 13.8. The minimum absolute atomic E-state index is 0.124. The van der Waals surface area contributed by atoms with Gasteiger partial charge in [0.15, 0.2) is 5.54 Å². The lowest BCUT2D eigenvalue weighted by Gasteiger charge is -2.36. The number of nitrogens with zero attached hydrogens (tertiary/aromatic N) is 2. The molecule has 2 aliphatic rings. The van der Waals surface area contributed by atoms with Crippen LogP contribution in [-0.2, 0) is 24.6 Å². The Kier molecular flexibility index (Phi) is 5.07. The summed E-state index contributed by atoms with van der Waals surface area (Å²) < 4.78 is 10.3. The van der Waals surface area contributed by atoms with Crippen LogP contribution in [0.25, 0.3) is 0 Å². The molecule has 0 saturated carbocycles. The smallest absolute Gasteiger partial charge is 0.328 e. The highest BCUT2D eigenvalue weighted by Crippen LogP contribution is 2.43. The highest BCUT2D eigenvalue weighted by molar-refractivity contribution is 6.11. The fraction of sp³-hybridized carbons (Fsp3) is 0.318. The molecular weight excluding hydrogens is 372 g/mol. The van der Waals surface area contributed by atoms with Crippen LogP contribution in [0.15, 0.2) is 60.7 Å². The molecule has 0 N–H and O–H groups in total. The van der Waals surface area contributed by atoms with Crippen molar-refractivity contribution in [1.29, 1.82) is 0 Å². The van der Waals surface area contributed by atoms with E-state index >= 15 is 0 Å². The second-order valence-electron chi connectivity index (χ2n) is 6.99. The molecular formula is C22H22N2O5. The number of imide groups is 1. The van der Waals surface area contributed by atoms with Crippen molar-refractivity contribution in [3.8, 4) is 0 Å². The second kappa shape index (κ2) is 7.67. The van der Waals surface area contributed by atoms with Gasteiger partial charge < -0.3 is 9.47 Å². The lowest BCUT2D eigenvalue weighted by molar-refractivity contribution is -0.147. The molecule has 7 heteroatoms. The first-order valence-corrected chi connectivity index (χ1v) is 9.60. The van der Waals surface area contributed by atoms with Crippen molar-refractivity contribution in [2.75, 3.05) is 26.3 Å². The molecule has 7 nitrogen and oxygen atoms in total. The zero-order chi connectivity index (χ0) is 20.4. The molecule has 0 aromatic heterocycles. The fourth-order valence-electron chi connectivity index (χ4n) is 3.84. The predicted octanol–water partition coefficient (Wildman–Crippen LogP) is 2.16. The van der Waals surface area contributed by atoms with E-state index in [4.69, 9.17) is 9.47 Å². The molecule has 2 saturated heterocycles. The number of amides is 3. The Hall–Kier alpha value is -3.19. The van der Waals surface area contributed by atoms with Crippen LogP contribution in [0, 0.1) is 0 Å². The van der Waals surface area contributed by atoms with Crippen molar-refractivity contribution in [2.45, 2.75) is 18.6 Å². The number of hydrogen-bond acceptors (Lipinski definition) is 5. The molecule has 4 rings (SSSR count). The van der Waals surface area contributed by atoms with Crippen LogP contribution in [0.3, 0.4) is 0 Å². The molecule has 0 aliphatic carbocycles. The summed E-state index contributed by atoms with van der Waals surface area (Å²) in [5.74, 6) is -1.08. The van der Waals surface area contributed by atoms with Gasteiger partial charge in [-0.05, 0) is 18.1 Å². The van der Waals surface area contributed by atoms with Crippen molar-refractivity contribution in [3.63, 3.8) is 0 Å². The van der Waals surface area contributed by atoms with Crippen molar-refractivity contribution in [3.05, 3.63) is 71.8 Å². The molecule has 1 unspecified atom stereocenters. The lowest BCUT2D eigenvalue weighted by atomic mass is 9.81. The quantitative estimate of drug-likeness (QED) is 0.408. The van der Waals surface area contributed by atoms with E-state index in [0.717, 1.165) is 4.90 Å². The van der Waals surface area contributed by atoms with Crippen molar-refractivity contribution in [1.82, 2.24) is 9.80 Å². The number of benzene rings is 2. The van der Waals surface area contributed by atoms with Crippen molar-refractivity contribution >= 4 is 17.9 Å². The Labute approximate surface area is 168 Å². The minimum atomic E-state index is -1.36. The second-order valence-corrected chi connectivity index (χ2v) is 6.99. The maximum Gasteiger partial charge on any atom is 0.328 e. The first-order chi connectivity index (χ1) is 14.1. The summed E-state index contributed by atoms with van der Waals surface area (Å²) in [5, 5.41) is 0. The van der Waals surface area contributed by atoms with Crippen LogP contribution in [0.1, 0.15) is 18.1 Å². The Morgan fingerprint density at radius 2 is 1.62 bits per heavy atom. The molecule has 3 amide bonds. The number of hydrogen-bond donors (Lipinski definition) is 0. The van der Waals surface area contributed by atoms with Crippen molar-refractivity contribution in [2.24, 2.45) is 0 Å². The standard InChI is InChI=1S/C22H22N2O5/c1-2-28-19(25)14-23-20(26)22(16-9-5-3-6-10-16,17-11-7-4-8-12-17)24(21(23)27)13-18-15-29-18/h3-12,18H,2,13-15H2,1H3. The van der Waals surface area contributed by atoms with E-state index in [1.54, 1.807) is 6.92 Å². The molecule has 2 aromatic carbocycles. The highest BCUT2D eigenvalue weighted by atomic mass is 16.6. The highest BCUT2D eigenvalue weighted by Gasteiger charge is 2.60. The molecule has 150 valence electrons. The third-order valence-electron chi connectivity index (χ3n) is 5.19. The number of ether oxygens (including phenoxy) is 2. The molecule has 29 heavy (non-hydrogen) atoms. The molecule has 0 bridgehead atoms. The number of carbonyl (C=O) groups excluding carboxylic acids is 3. The zero-order valence-corrected chi connectivity index (χ0v) is 16.1. The van der Waals surface area contributed by atoms with Crippen LogP contribution in [0.4, 0.5) is 4.79 Å². The fourth-order valence-corrected chi connectivity index (χ4v) is 3.84. The van der Waals surface area contributed by atoms with Gasteiger partial charge in [-0.2, -0.15) is 0 Å². The minimum Gasteiger partial charge on any atom is -0.465 e. The van der Waals surface area contributed by atoms with E-state index in [9.17, 15) is 14.4 Å². The maximum absolute atomic E-state index is 13.8. The Morgan fingerprint density at radius 3 is 2.10 bits per heavy atom. The van der Waals surface area contributed by atoms with Crippen LogP contribution in [0.2, 0.25) is 0 Å². The van der Waals surface area contributed by atoms with E-state index in [-0.39, 0.29) is 19.3 Å². The SMILES string of the molecule is CCOC(=O)CN1C(=O)N(CC2CO2)C(c2ccccc2)(c2ccccc2)C1=O. The van der Waals surface area contributed by atoms with Gasteiger partial charge in [-0.15, -0.1) is 0 Å². The number of rotatable bonds is 7. The van der Waals surface area contributed by atoms with Gasteiger partial charge in [0.2, 0.25) is 0 Å². The summed E-state index contributed by atoms with van der Waals surface area (Å²) in [4.78, 5) is 41.8. The Balaban J connectivity index is 1.87. The summed E-state index contributed by atoms with van der Waals surface area (Å²) in [6.45, 7) is 2.23. The number of carbonyl (C=O) groups is 3. The molecule has 2 heterocycles. The van der Waals surface area contributed by atoms with Crippen LogP contribution >= 0.6 is 0 Å². The third-order valence-corrected chi connectivity index (χ3v) is 5.19. The van der Waals surface area contributed by atoms with Gasteiger partial charge in [0, 0.05) is 0 Å². The molecule has 0 radical (unpaired) electrons. The van der Waals surface area contributed by atoms with Gasteiger partial charge in [0.1, 0.15) is 6.54 Å². The van der Waals surface area contributed by atoms with Gasteiger partial charge in [-0.3, -0.25) is 19.4 Å². The van der Waals surface area contributed by atoms with E-state index in [0.29, 0.717) is 17.7 Å². The normalized spacial score (nSPS) is 20.1. The van der Waals surface area contributed by atoms with Crippen LogP contribution in [0.5, 0.6) is 0 Å².